The largest absolute Gasteiger partial charge is 0.481 e. The third-order valence-electron chi connectivity index (χ3n) is 7.32. The van der Waals surface area contributed by atoms with E-state index in [1.54, 1.807) is 0 Å². The van der Waals surface area contributed by atoms with Crippen LogP contribution in [0.15, 0.2) is 48.5 Å². The van der Waals surface area contributed by atoms with Gasteiger partial charge < -0.3 is 10.1 Å². The SMILES string of the molecule is CCCC(CCCCCCC(=O)c1c(CCCC(=O)O)[nH]c2ccccc12)c1ccc(CC(C)C)cc1. The Kier molecular flexibility index (Phi) is 11.4. The lowest BCUT2D eigenvalue weighted by atomic mass is 9.88. The lowest BCUT2D eigenvalue weighted by Gasteiger charge is -2.17. The van der Waals surface area contributed by atoms with Crippen LogP contribution < -0.4 is 0 Å². The number of ketones is 1. The van der Waals surface area contributed by atoms with Gasteiger partial charge in [-0.25, -0.2) is 0 Å². The van der Waals surface area contributed by atoms with Crippen molar-refractivity contribution < 1.29 is 14.7 Å². The van der Waals surface area contributed by atoms with E-state index in [0.717, 1.165) is 47.8 Å². The summed E-state index contributed by atoms with van der Waals surface area (Å²) in [4.78, 5) is 27.5. The van der Waals surface area contributed by atoms with Gasteiger partial charge in [-0.1, -0.05) is 88.9 Å². The van der Waals surface area contributed by atoms with Gasteiger partial charge in [0.25, 0.3) is 0 Å². The summed E-state index contributed by atoms with van der Waals surface area (Å²) in [6, 6.07) is 17.2. The molecule has 0 saturated carbocycles. The summed E-state index contributed by atoms with van der Waals surface area (Å²) in [7, 11) is 0. The van der Waals surface area contributed by atoms with Gasteiger partial charge in [-0.3, -0.25) is 9.59 Å². The minimum atomic E-state index is -0.798. The predicted octanol–water partition coefficient (Wildman–Crippen LogP) is 8.88. The van der Waals surface area contributed by atoms with Crippen molar-refractivity contribution >= 4 is 22.7 Å². The zero-order valence-electron chi connectivity index (χ0n) is 23.0. The van der Waals surface area contributed by atoms with E-state index < -0.39 is 5.97 Å². The van der Waals surface area contributed by atoms with Crippen molar-refractivity contribution in [3.05, 3.63) is 70.9 Å². The normalized spacial score (nSPS) is 12.3. The molecule has 0 aliphatic heterocycles. The summed E-state index contributed by atoms with van der Waals surface area (Å²) in [6.07, 6.45) is 10.9. The number of aliphatic carboxylic acids is 1. The van der Waals surface area contributed by atoms with E-state index in [1.165, 1.54) is 36.8 Å². The molecule has 3 rings (SSSR count). The summed E-state index contributed by atoms with van der Waals surface area (Å²) in [6.45, 7) is 6.80. The van der Waals surface area contributed by atoms with Crippen molar-refractivity contribution in [3.8, 4) is 0 Å². The molecule has 4 heteroatoms. The van der Waals surface area contributed by atoms with Crippen molar-refractivity contribution in [2.45, 2.75) is 104 Å². The van der Waals surface area contributed by atoms with E-state index in [9.17, 15) is 9.59 Å². The molecule has 0 fully saturated rings. The van der Waals surface area contributed by atoms with Crippen LogP contribution in [0.5, 0.6) is 0 Å². The second-order valence-corrected chi connectivity index (χ2v) is 11.0. The van der Waals surface area contributed by atoms with Crippen LogP contribution in [0.4, 0.5) is 0 Å². The highest BCUT2D eigenvalue weighted by molar-refractivity contribution is 6.09. The molecule has 0 radical (unpaired) electrons. The van der Waals surface area contributed by atoms with Gasteiger partial charge in [-0.2, -0.15) is 0 Å². The lowest BCUT2D eigenvalue weighted by molar-refractivity contribution is -0.137. The molecule has 1 aromatic heterocycles. The minimum absolute atomic E-state index is 0.115. The third-order valence-corrected chi connectivity index (χ3v) is 7.32. The number of rotatable bonds is 17. The molecule has 2 N–H and O–H groups in total. The van der Waals surface area contributed by atoms with Crippen LogP contribution in [-0.2, 0) is 17.6 Å². The summed E-state index contributed by atoms with van der Waals surface area (Å²) in [5.74, 6) is 0.685. The standard InChI is InChI=1S/C33H45NO3/c1-4-12-26(27-21-19-25(20-22-27)23-24(2)3)13-7-5-6-8-17-31(35)33-28-14-9-10-15-29(28)34-30(33)16-11-18-32(36)37/h9-10,14-15,19-22,24,26,34H,4-8,11-13,16-18,23H2,1-3H3,(H,36,37). The number of hydrogen-bond donors (Lipinski definition) is 2. The molecular weight excluding hydrogens is 458 g/mol. The molecule has 1 heterocycles. The van der Waals surface area contributed by atoms with Gasteiger partial charge in [0.15, 0.2) is 5.78 Å². The zero-order valence-corrected chi connectivity index (χ0v) is 23.0. The number of nitrogens with one attached hydrogen (secondary N) is 1. The van der Waals surface area contributed by atoms with Crippen LogP contribution in [0.2, 0.25) is 0 Å². The number of carboxylic acids is 1. The number of carbonyl (C=O) groups excluding carboxylic acids is 1. The maximum absolute atomic E-state index is 13.2. The number of unbranched alkanes of at least 4 members (excludes halogenated alkanes) is 3. The first kappa shape index (κ1) is 28.7. The maximum atomic E-state index is 13.2. The molecule has 0 aliphatic carbocycles. The van der Waals surface area contributed by atoms with Gasteiger partial charge in [-0.05, 0) is 67.6 Å². The Labute approximate surface area is 222 Å². The number of aromatic amines is 1. The second-order valence-electron chi connectivity index (χ2n) is 11.0. The van der Waals surface area contributed by atoms with Crippen LogP contribution >= 0.6 is 0 Å². The number of H-pyrrole nitrogens is 1. The third kappa shape index (κ3) is 8.87. The summed E-state index contributed by atoms with van der Waals surface area (Å²) >= 11 is 0. The average Bonchev–Trinajstić information content (AvgIpc) is 3.23. The number of aryl methyl sites for hydroxylation is 1. The summed E-state index contributed by atoms with van der Waals surface area (Å²) < 4.78 is 0. The monoisotopic (exact) mass is 503 g/mol. The van der Waals surface area contributed by atoms with Crippen molar-refractivity contribution in [2.75, 3.05) is 0 Å². The molecule has 1 atom stereocenters. The van der Waals surface area contributed by atoms with Crippen LogP contribution in [-0.4, -0.2) is 21.8 Å². The summed E-state index contributed by atoms with van der Waals surface area (Å²) in [5, 5.41) is 9.95. The van der Waals surface area contributed by atoms with Gasteiger partial charge in [0.1, 0.15) is 0 Å². The number of aromatic nitrogens is 1. The highest BCUT2D eigenvalue weighted by Gasteiger charge is 2.18. The zero-order chi connectivity index (χ0) is 26.6. The van der Waals surface area contributed by atoms with Gasteiger partial charge >= 0.3 is 5.97 Å². The van der Waals surface area contributed by atoms with Crippen molar-refractivity contribution in [1.82, 2.24) is 4.98 Å². The molecule has 2 aromatic carbocycles. The number of carboxylic acid groups (broad SMARTS) is 1. The van der Waals surface area contributed by atoms with Gasteiger partial charge in [0.05, 0.1) is 0 Å². The Morgan fingerprint density at radius 2 is 1.59 bits per heavy atom. The maximum Gasteiger partial charge on any atom is 0.303 e. The van der Waals surface area contributed by atoms with E-state index in [-0.39, 0.29) is 12.2 Å². The molecule has 0 saturated heterocycles. The molecule has 37 heavy (non-hydrogen) atoms. The molecule has 4 nitrogen and oxygen atoms in total. The molecule has 0 spiro atoms. The van der Waals surface area contributed by atoms with E-state index >= 15 is 0 Å². The number of para-hydroxylation sites is 1. The van der Waals surface area contributed by atoms with E-state index in [4.69, 9.17) is 5.11 Å². The minimum Gasteiger partial charge on any atom is -0.481 e. The Balaban J connectivity index is 1.48. The van der Waals surface area contributed by atoms with Crippen LogP contribution in [0.25, 0.3) is 10.9 Å². The first-order chi connectivity index (χ1) is 17.9. The molecule has 0 aliphatic rings. The number of Topliss-reactive ketones (excluding diaryl/α,β-unsaturated/α-hetero) is 1. The Morgan fingerprint density at radius 3 is 2.30 bits per heavy atom. The molecule has 1 unspecified atom stereocenters. The second kappa shape index (κ2) is 14.8. The lowest BCUT2D eigenvalue weighted by Crippen LogP contribution is -2.04. The van der Waals surface area contributed by atoms with Gasteiger partial charge in [0.2, 0.25) is 0 Å². The van der Waals surface area contributed by atoms with E-state index in [0.29, 0.717) is 31.1 Å². The Bertz CT molecular complexity index is 1130. The fourth-order valence-corrected chi connectivity index (χ4v) is 5.50. The van der Waals surface area contributed by atoms with E-state index in [2.05, 4.69) is 50.0 Å². The fourth-order valence-electron chi connectivity index (χ4n) is 5.50. The average molecular weight is 504 g/mol. The Morgan fingerprint density at radius 1 is 0.865 bits per heavy atom. The van der Waals surface area contributed by atoms with Crippen molar-refractivity contribution in [3.63, 3.8) is 0 Å². The van der Waals surface area contributed by atoms with Crippen LogP contribution in [0.1, 0.15) is 118 Å². The highest BCUT2D eigenvalue weighted by Crippen LogP contribution is 2.29. The van der Waals surface area contributed by atoms with Crippen LogP contribution in [0, 0.1) is 5.92 Å². The summed E-state index contributed by atoms with van der Waals surface area (Å²) in [5.41, 5.74) is 5.51. The first-order valence-corrected chi connectivity index (χ1v) is 14.3. The first-order valence-electron chi connectivity index (χ1n) is 14.3. The number of benzene rings is 2. The molecule has 200 valence electrons. The molecular formula is C33H45NO3. The quantitative estimate of drug-likeness (QED) is 0.143. The van der Waals surface area contributed by atoms with Gasteiger partial charge in [0, 0.05) is 35.0 Å². The van der Waals surface area contributed by atoms with Crippen molar-refractivity contribution in [2.24, 2.45) is 5.92 Å². The van der Waals surface area contributed by atoms with Gasteiger partial charge in [-0.15, -0.1) is 0 Å². The van der Waals surface area contributed by atoms with Crippen molar-refractivity contribution in [1.29, 1.82) is 0 Å². The van der Waals surface area contributed by atoms with E-state index in [1.807, 2.05) is 24.3 Å². The highest BCUT2D eigenvalue weighted by atomic mass is 16.4. The molecule has 0 amide bonds. The smallest absolute Gasteiger partial charge is 0.303 e. The Hall–Kier alpha value is -2.88. The number of carbonyl (C=O) groups is 2. The predicted molar refractivity (Wildman–Crippen MR) is 154 cm³/mol. The van der Waals surface area contributed by atoms with Crippen LogP contribution in [0.3, 0.4) is 0 Å². The molecule has 3 aromatic rings. The molecule has 0 bridgehead atoms. The number of hydrogen-bond acceptors (Lipinski definition) is 2. The topological polar surface area (TPSA) is 70.2 Å². The fraction of sp³-hybridized carbons (Fsp3) is 0.515. The number of fused-ring (bicyclic) bond motifs is 1.